The summed E-state index contributed by atoms with van der Waals surface area (Å²) in [6.45, 7) is 0.0185. The third-order valence-electron chi connectivity index (χ3n) is 3.98. The molecule has 0 aromatic heterocycles. The van der Waals surface area contributed by atoms with Crippen molar-refractivity contribution in [3.63, 3.8) is 0 Å². The van der Waals surface area contributed by atoms with Gasteiger partial charge in [-0.1, -0.05) is 36.6 Å². The van der Waals surface area contributed by atoms with Gasteiger partial charge in [0.15, 0.2) is 0 Å². The molecule has 0 atom stereocenters. The van der Waals surface area contributed by atoms with Crippen LogP contribution in [0.25, 0.3) is 0 Å². The molecular weight excluding hydrogens is 276 g/mol. The molecule has 2 amide bonds. The lowest BCUT2D eigenvalue weighted by molar-refractivity contribution is -0.129. The fourth-order valence-corrected chi connectivity index (χ4v) is 2.94. The average molecular weight is 295 g/mol. The number of rotatable bonds is 4. The second kappa shape index (κ2) is 6.27. The average Bonchev–Trinajstić information content (AvgIpc) is 2.95. The van der Waals surface area contributed by atoms with Crippen LogP contribution in [0, 0.1) is 0 Å². The number of benzene rings is 1. The zero-order valence-corrected chi connectivity index (χ0v) is 12.3. The summed E-state index contributed by atoms with van der Waals surface area (Å²) < 4.78 is 0. The van der Waals surface area contributed by atoms with Gasteiger partial charge in [0.25, 0.3) is 0 Å². The maximum absolute atomic E-state index is 12.5. The van der Waals surface area contributed by atoms with Crippen LogP contribution in [-0.2, 0) is 15.0 Å². The lowest BCUT2D eigenvalue weighted by atomic mass is 9.78. The van der Waals surface area contributed by atoms with Gasteiger partial charge in [0.1, 0.15) is 0 Å². The number of likely N-dealkylation sites (N-methyl/N-ethyl adjacent to an activating group) is 1. The van der Waals surface area contributed by atoms with Crippen molar-refractivity contribution in [1.29, 1.82) is 0 Å². The van der Waals surface area contributed by atoms with E-state index in [-0.39, 0.29) is 18.4 Å². The number of hydrogen-bond acceptors (Lipinski definition) is 2. The first kappa shape index (κ1) is 14.9. The van der Waals surface area contributed by atoms with E-state index in [4.69, 9.17) is 11.6 Å². The predicted octanol–water partition coefficient (Wildman–Crippen LogP) is 2.01. The minimum atomic E-state index is -0.515. The standard InChI is InChI=1S/C15H19ClN2O2/c1-17-13(19)10-18-14(20)15(8-2-3-9-15)11-4-6-12(16)7-5-11/h4-7H,2-3,8-10H2,1H3,(H,17,19)(H,18,20). The third kappa shape index (κ3) is 2.96. The number of carbonyl (C=O) groups excluding carboxylic acids is 2. The van der Waals surface area contributed by atoms with Crippen molar-refractivity contribution in [2.45, 2.75) is 31.1 Å². The number of hydrogen-bond donors (Lipinski definition) is 2. The molecule has 20 heavy (non-hydrogen) atoms. The van der Waals surface area contributed by atoms with E-state index in [2.05, 4.69) is 10.6 Å². The molecule has 1 saturated carbocycles. The first-order valence-electron chi connectivity index (χ1n) is 6.83. The van der Waals surface area contributed by atoms with Gasteiger partial charge >= 0.3 is 0 Å². The van der Waals surface area contributed by atoms with Crippen molar-refractivity contribution in [3.8, 4) is 0 Å². The summed E-state index contributed by atoms with van der Waals surface area (Å²) in [6.07, 6.45) is 3.68. The topological polar surface area (TPSA) is 58.2 Å². The van der Waals surface area contributed by atoms with Crippen molar-refractivity contribution in [2.24, 2.45) is 0 Å². The second-order valence-corrected chi connectivity index (χ2v) is 5.59. The molecule has 0 heterocycles. The highest BCUT2D eigenvalue weighted by atomic mass is 35.5. The Balaban J connectivity index is 2.19. The van der Waals surface area contributed by atoms with Gasteiger partial charge in [0, 0.05) is 12.1 Å². The molecule has 108 valence electrons. The molecule has 0 saturated heterocycles. The number of amides is 2. The Bertz CT molecular complexity index is 493. The van der Waals surface area contributed by atoms with Crippen molar-refractivity contribution in [2.75, 3.05) is 13.6 Å². The summed E-state index contributed by atoms with van der Waals surface area (Å²) in [4.78, 5) is 23.8. The van der Waals surface area contributed by atoms with Crippen LogP contribution in [0.3, 0.4) is 0 Å². The summed E-state index contributed by atoms with van der Waals surface area (Å²) in [6, 6.07) is 7.44. The normalized spacial score (nSPS) is 16.7. The monoisotopic (exact) mass is 294 g/mol. The summed E-state index contributed by atoms with van der Waals surface area (Å²) >= 11 is 5.91. The number of nitrogens with one attached hydrogen (secondary N) is 2. The molecule has 1 aliphatic carbocycles. The number of carbonyl (C=O) groups is 2. The van der Waals surface area contributed by atoms with Gasteiger partial charge in [-0.2, -0.15) is 0 Å². The second-order valence-electron chi connectivity index (χ2n) is 5.15. The smallest absolute Gasteiger partial charge is 0.239 e. The molecule has 1 aliphatic rings. The highest BCUT2D eigenvalue weighted by Gasteiger charge is 2.42. The van der Waals surface area contributed by atoms with Crippen LogP contribution >= 0.6 is 11.6 Å². The molecule has 2 N–H and O–H groups in total. The fourth-order valence-electron chi connectivity index (χ4n) is 2.81. The Kier molecular flexibility index (Phi) is 4.65. The molecule has 1 fully saturated rings. The van der Waals surface area contributed by atoms with Gasteiger partial charge in [-0.05, 0) is 30.5 Å². The van der Waals surface area contributed by atoms with E-state index in [0.29, 0.717) is 5.02 Å². The van der Waals surface area contributed by atoms with E-state index in [9.17, 15) is 9.59 Å². The van der Waals surface area contributed by atoms with Crippen LogP contribution in [0.15, 0.2) is 24.3 Å². The molecule has 0 radical (unpaired) electrons. The number of halogens is 1. The zero-order valence-electron chi connectivity index (χ0n) is 11.5. The summed E-state index contributed by atoms with van der Waals surface area (Å²) in [5.74, 6) is -0.261. The Morgan fingerprint density at radius 1 is 1.20 bits per heavy atom. The molecule has 0 bridgehead atoms. The molecule has 0 unspecified atom stereocenters. The van der Waals surface area contributed by atoms with E-state index < -0.39 is 5.41 Å². The van der Waals surface area contributed by atoms with Crippen molar-refractivity contribution < 1.29 is 9.59 Å². The first-order valence-corrected chi connectivity index (χ1v) is 7.21. The highest BCUT2D eigenvalue weighted by Crippen LogP contribution is 2.41. The summed E-state index contributed by atoms with van der Waals surface area (Å²) in [5, 5.41) is 5.90. The minimum absolute atomic E-state index is 0.0185. The lowest BCUT2D eigenvalue weighted by Gasteiger charge is -2.28. The van der Waals surface area contributed by atoms with Crippen LogP contribution in [0.4, 0.5) is 0 Å². The van der Waals surface area contributed by atoms with Gasteiger partial charge in [-0.25, -0.2) is 0 Å². The van der Waals surface area contributed by atoms with Gasteiger partial charge in [-0.15, -0.1) is 0 Å². The molecule has 2 rings (SSSR count). The summed E-state index contributed by atoms with van der Waals surface area (Å²) in [7, 11) is 1.55. The van der Waals surface area contributed by atoms with E-state index in [1.807, 2.05) is 24.3 Å². The van der Waals surface area contributed by atoms with Crippen LogP contribution < -0.4 is 10.6 Å². The van der Waals surface area contributed by atoms with Crippen LogP contribution in [0.5, 0.6) is 0 Å². The molecule has 1 aromatic carbocycles. The lowest BCUT2D eigenvalue weighted by Crippen LogP contribution is -2.45. The van der Waals surface area contributed by atoms with Crippen LogP contribution in [-0.4, -0.2) is 25.4 Å². The fraction of sp³-hybridized carbons (Fsp3) is 0.467. The van der Waals surface area contributed by atoms with E-state index >= 15 is 0 Å². The van der Waals surface area contributed by atoms with Crippen molar-refractivity contribution in [1.82, 2.24) is 10.6 Å². The molecule has 4 nitrogen and oxygen atoms in total. The molecule has 0 spiro atoms. The van der Waals surface area contributed by atoms with Crippen LogP contribution in [0.2, 0.25) is 5.02 Å². The van der Waals surface area contributed by atoms with E-state index in [1.165, 1.54) is 0 Å². The van der Waals surface area contributed by atoms with E-state index in [1.54, 1.807) is 7.05 Å². The van der Waals surface area contributed by atoms with Gasteiger partial charge in [0.05, 0.1) is 12.0 Å². The Morgan fingerprint density at radius 3 is 2.35 bits per heavy atom. The highest BCUT2D eigenvalue weighted by molar-refractivity contribution is 6.30. The SMILES string of the molecule is CNC(=O)CNC(=O)C1(c2ccc(Cl)cc2)CCCC1. The largest absolute Gasteiger partial charge is 0.358 e. The quantitative estimate of drug-likeness (QED) is 0.892. The van der Waals surface area contributed by atoms with Gasteiger partial charge in [0.2, 0.25) is 11.8 Å². The van der Waals surface area contributed by atoms with Crippen LogP contribution in [0.1, 0.15) is 31.2 Å². The Hall–Kier alpha value is -1.55. The van der Waals surface area contributed by atoms with Gasteiger partial charge in [-0.3, -0.25) is 9.59 Å². The minimum Gasteiger partial charge on any atom is -0.358 e. The van der Waals surface area contributed by atoms with Crippen molar-refractivity contribution in [3.05, 3.63) is 34.9 Å². The van der Waals surface area contributed by atoms with Gasteiger partial charge < -0.3 is 10.6 Å². The zero-order chi connectivity index (χ0) is 14.6. The molecule has 1 aromatic rings. The van der Waals surface area contributed by atoms with Crippen molar-refractivity contribution >= 4 is 23.4 Å². The summed E-state index contributed by atoms with van der Waals surface area (Å²) in [5.41, 5.74) is 0.465. The first-order chi connectivity index (χ1) is 9.58. The molecular formula is C15H19ClN2O2. The molecule has 5 heteroatoms. The third-order valence-corrected chi connectivity index (χ3v) is 4.23. The van der Waals surface area contributed by atoms with E-state index in [0.717, 1.165) is 31.2 Å². The predicted molar refractivity (Wildman–Crippen MR) is 78.7 cm³/mol. The maximum Gasteiger partial charge on any atom is 0.239 e. The maximum atomic E-state index is 12.5. The molecule has 0 aliphatic heterocycles. The Morgan fingerprint density at radius 2 is 1.80 bits per heavy atom. The Labute approximate surface area is 123 Å².